The van der Waals surface area contributed by atoms with Gasteiger partial charge in [0.25, 0.3) is 0 Å². The van der Waals surface area contributed by atoms with Gasteiger partial charge < -0.3 is 19.3 Å². The molecule has 0 saturated carbocycles. The summed E-state index contributed by atoms with van der Waals surface area (Å²) in [6, 6.07) is 7.91. The molecule has 8 heteroatoms. The first-order chi connectivity index (χ1) is 14.4. The second-order valence-electron chi connectivity index (χ2n) is 7.52. The number of piperazine rings is 1. The van der Waals surface area contributed by atoms with Crippen molar-refractivity contribution in [3.63, 3.8) is 0 Å². The highest BCUT2D eigenvalue weighted by Crippen LogP contribution is 2.35. The van der Waals surface area contributed by atoms with E-state index in [4.69, 9.17) is 19.6 Å². The van der Waals surface area contributed by atoms with Crippen LogP contribution in [0.4, 0.5) is 5.69 Å². The quantitative estimate of drug-likeness (QED) is 0.660. The molecule has 1 saturated heterocycles. The van der Waals surface area contributed by atoms with E-state index < -0.39 is 0 Å². The maximum Gasteiger partial charge on any atom is 0.219 e. The molecule has 8 nitrogen and oxygen atoms in total. The number of carbonyl (C=O) groups excluding carboxylic acids is 1. The molecule has 30 heavy (non-hydrogen) atoms. The summed E-state index contributed by atoms with van der Waals surface area (Å²) in [5.74, 6) is 1.47. The van der Waals surface area contributed by atoms with Crippen LogP contribution in [0.1, 0.15) is 18.3 Å². The molecule has 4 rings (SSSR count). The number of fused-ring (bicyclic) bond motifs is 1. The lowest BCUT2D eigenvalue weighted by Gasteiger charge is -2.35. The van der Waals surface area contributed by atoms with Gasteiger partial charge in [-0.3, -0.25) is 4.79 Å². The maximum atomic E-state index is 11.7. The zero-order chi connectivity index (χ0) is 21.4. The summed E-state index contributed by atoms with van der Waals surface area (Å²) in [6.07, 6.45) is 0. The minimum Gasteiger partial charge on any atom is -0.493 e. The Balaban J connectivity index is 1.79. The van der Waals surface area contributed by atoms with Gasteiger partial charge in [-0.05, 0) is 38.1 Å². The van der Waals surface area contributed by atoms with Crippen LogP contribution in [-0.2, 0) is 4.79 Å². The van der Waals surface area contributed by atoms with Crippen molar-refractivity contribution < 1.29 is 14.3 Å². The van der Waals surface area contributed by atoms with E-state index in [0.29, 0.717) is 24.6 Å². The summed E-state index contributed by atoms with van der Waals surface area (Å²) >= 11 is 0. The zero-order valence-corrected chi connectivity index (χ0v) is 18.1. The Morgan fingerprint density at radius 3 is 2.33 bits per heavy atom. The number of aryl methyl sites for hydroxylation is 2. The Kier molecular flexibility index (Phi) is 5.24. The minimum absolute atomic E-state index is 0.123. The molecular weight excluding hydrogens is 382 g/mol. The van der Waals surface area contributed by atoms with E-state index in [1.807, 2.05) is 41.5 Å². The zero-order valence-electron chi connectivity index (χ0n) is 18.1. The monoisotopic (exact) mass is 409 g/mol. The van der Waals surface area contributed by atoms with Crippen molar-refractivity contribution >= 4 is 17.2 Å². The van der Waals surface area contributed by atoms with Gasteiger partial charge in [0, 0.05) is 38.7 Å². The fourth-order valence-electron chi connectivity index (χ4n) is 4.04. The molecule has 0 aliphatic carbocycles. The average molecular weight is 409 g/mol. The number of nitrogens with zero attached hydrogens (tertiary/aromatic N) is 5. The van der Waals surface area contributed by atoms with Crippen LogP contribution in [0.25, 0.3) is 16.9 Å². The molecule has 3 heterocycles. The van der Waals surface area contributed by atoms with Gasteiger partial charge in [-0.25, -0.2) is 9.50 Å². The van der Waals surface area contributed by atoms with Crippen molar-refractivity contribution in [2.45, 2.75) is 20.8 Å². The molecule has 0 bridgehead atoms. The average Bonchev–Trinajstić information content (AvgIpc) is 3.08. The summed E-state index contributed by atoms with van der Waals surface area (Å²) in [6.45, 7) is 8.58. The summed E-state index contributed by atoms with van der Waals surface area (Å²) in [4.78, 5) is 20.7. The van der Waals surface area contributed by atoms with Crippen LogP contribution in [0, 0.1) is 13.8 Å². The molecule has 0 N–H and O–H groups in total. The van der Waals surface area contributed by atoms with Gasteiger partial charge in [0.15, 0.2) is 17.1 Å². The molecule has 2 aromatic heterocycles. The number of benzene rings is 1. The standard InChI is InChI=1S/C22H27N5O3/c1-14-12-18(26-10-8-25(9-11-26)16(3)28)22-23-15(2)21(27(22)24-14)17-6-7-19(29-4)20(13-17)30-5/h6-7,12-13H,8-11H2,1-5H3. The summed E-state index contributed by atoms with van der Waals surface area (Å²) in [5.41, 5.74) is 5.55. The lowest BCUT2D eigenvalue weighted by atomic mass is 10.1. The fourth-order valence-corrected chi connectivity index (χ4v) is 4.04. The Bertz CT molecular complexity index is 1100. The Labute approximate surface area is 176 Å². The van der Waals surface area contributed by atoms with Crippen LogP contribution in [0.3, 0.4) is 0 Å². The van der Waals surface area contributed by atoms with Crippen LogP contribution in [0.15, 0.2) is 24.3 Å². The summed E-state index contributed by atoms with van der Waals surface area (Å²) in [5, 5.41) is 4.76. The molecular formula is C22H27N5O3. The van der Waals surface area contributed by atoms with Gasteiger partial charge in [-0.15, -0.1) is 0 Å². The van der Waals surface area contributed by atoms with E-state index in [9.17, 15) is 4.79 Å². The van der Waals surface area contributed by atoms with Crippen LogP contribution >= 0.6 is 0 Å². The van der Waals surface area contributed by atoms with Gasteiger partial charge >= 0.3 is 0 Å². The number of carbonyl (C=O) groups is 1. The SMILES string of the molecule is COc1ccc(-c2c(C)nc3c(N4CCN(C(C)=O)CC4)cc(C)nn23)cc1OC. The largest absolute Gasteiger partial charge is 0.493 e. The topological polar surface area (TPSA) is 72.2 Å². The van der Waals surface area contributed by atoms with Gasteiger partial charge in [0.05, 0.1) is 37.0 Å². The van der Waals surface area contributed by atoms with Crippen LogP contribution in [-0.4, -0.2) is 65.8 Å². The highest BCUT2D eigenvalue weighted by molar-refractivity contribution is 5.77. The van der Waals surface area contributed by atoms with E-state index in [1.54, 1.807) is 21.1 Å². The third kappa shape index (κ3) is 3.42. The molecule has 1 aliphatic rings. The first kappa shape index (κ1) is 20.0. The Morgan fingerprint density at radius 2 is 1.70 bits per heavy atom. The lowest BCUT2D eigenvalue weighted by Crippen LogP contribution is -2.48. The number of hydrogen-bond donors (Lipinski definition) is 0. The number of hydrogen-bond acceptors (Lipinski definition) is 6. The molecule has 1 fully saturated rings. The smallest absolute Gasteiger partial charge is 0.219 e. The van der Waals surface area contributed by atoms with Gasteiger partial charge in [-0.2, -0.15) is 5.10 Å². The third-order valence-corrected chi connectivity index (χ3v) is 5.58. The van der Waals surface area contributed by atoms with Crippen molar-refractivity contribution in [1.29, 1.82) is 0 Å². The Morgan fingerprint density at radius 1 is 1.00 bits per heavy atom. The molecule has 3 aromatic rings. The highest BCUT2D eigenvalue weighted by atomic mass is 16.5. The molecule has 0 atom stereocenters. The number of imidazole rings is 1. The highest BCUT2D eigenvalue weighted by Gasteiger charge is 2.24. The number of methoxy groups -OCH3 is 2. The molecule has 1 aromatic carbocycles. The Hall–Kier alpha value is -3.29. The number of amides is 1. The predicted molar refractivity (Wildman–Crippen MR) is 115 cm³/mol. The van der Waals surface area contributed by atoms with E-state index in [2.05, 4.69) is 11.0 Å². The van der Waals surface area contributed by atoms with Crippen LogP contribution < -0.4 is 14.4 Å². The van der Waals surface area contributed by atoms with E-state index >= 15 is 0 Å². The van der Waals surface area contributed by atoms with Crippen LogP contribution in [0.5, 0.6) is 11.5 Å². The van der Waals surface area contributed by atoms with Gasteiger partial charge in [-0.1, -0.05) is 0 Å². The van der Waals surface area contributed by atoms with Gasteiger partial charge in [0.2, 0.25) is 5.91 Å². The summed E-state index contributed by atoms with van der Waals surface area (Å²) in [7, 11) is 3.25. The van der Waals surface area contributed by atoms with Crippen molar-refractivity contribution in [2.24, 2.45) is 0 Å². The fraction of sp³-hybridized carbons (Fsp3) is 0.409. The minimum atomic E-state index is 0.123. The molecule has 1 aliphatic heterocycles. The van der Waals surface area contributed by atoms with Crippen molar-refractivity contribution in [3.05, 3.63) is 35.7 Å². The number of rotatable bonds is 4. The molecule has 0 spiro atoms. The first-order valence-corrected chi connectivity index (χ1v) is 10.0. The predicted octanol–water partition coefficient (Wildman–Crippen LogP) is 2.70. The first-order valence-electron chi connectivity index (χ1n) is 10.0. The van der Waals surface area contributed by atoms with E-state index in [-0.39, 0.29) is 5.91 Å². The third-order valence-electron chi connectivity index (χ3n) is 5.58. The van der Waals surface area contributed by atoms with Crippen molar-refractivity contribution in [2.75, 3.05) is 45.3 Å². The van der Waals surface area contributed by atoms with Gasteiger partial charge in [0.1, 0.15) is 0 Å². The molecule has 1 amide bonds. The van der Waals surface area contributed by atoms with Crippen molar-refractivity contribution in [3.8, 4) is 22.8 Å². The molecule has 158 valence electrons. The second-order valence-corrected chi connectivity index (χ2v) is 7.52. The summed E-state index contributed by atoms with van der Waals surface area (Å²) < 4.78 is 12.8. The normalized spacial score (nSPS) is 14.3. The number of aromatic nitrogens is 3. The number of ether oxygens (including phenoxy) is 2. The maximum absolute atomic E-state index is 11.7. The number of anilines is 1. The van der Waals surface area contributed by atoms with Crippen molar-refractivity contribution in [1.82, 2.24) is 19.5 Å². The van der Waals surface area contributed by atoms with Crippen LogP contribution in [0.2, 0.25) is 0 Å². The lowest BCUT2D eigenvalue weighted by molar-refractivity contribution is -0.129. The molecule has 0 radical (unpaired) electrons. The molecule has 0 unspecified atom stereocenters. The van der Waals surface area contributed by atoms with E-state index in [1.165, 1.54) is 0 Å². The van der Waals surface area contributed by atoms with E-state index in [0.717, 1.165) is 47.1 Å². The second kappa shape index (κ2) is 7.85.